The van der Waals surface area contributed by atoms with Gasteiger partial charge in [-0.3, -0.25) is 4.79 Å². The van der Waals surface area contributed by atoms with Gasteiger partial charge >= 0.3 is 0 Å². The molecule has 2 heterocycles. The quantitative estimate of drug-likeness (QED) is 0.901. The van der Waals surface area contributed by atoms with Gasteiger partial charge in [-0.2, -0.15) is 0 Å². The van der Waals surface area contributed by atoms with E-state index in [0.717, 1.165) is 18.8 Å². The number of rotatable bonds is 2. The van der Waals surface area contributed by atoms with Crippen LogP contribution in [-0.4, -0.2) is 41.6 Å². The van der Waals surface area contributed by atoms with Crippen LogP contribution in [-0.2, 0) is 4.74 Å². The minimum atomic E-state index is -0.151. The fourth-order valence-electron chi connectivity index (χ4n) is 1.97. The Morgan fingerprint density at radius 3 is 2.89 bits per heavy atom. The molecule has 0 bridgehead atoms. The lowest BCUT2D eigenvalue weighted by atomic mass is 10.1. The fraction of sp³-hybridized carbons (Fsp3) is 0.667. The highest BCUT2D eigenvalue weighted by Gasteiger charge is 2.23. The van der Waals surface area contributed by atoms with Gasteiger partial charge in [0.05, 0.1) is 12.3 Å². The number of H-pyrrole nitrogens is 1. The van der Waals surface area contributed by atoms with Crippen LogP contribution in [0.4, 0.5) is 0 Å². The Labute approximate surface area is 115 Å². The van der Waals surface area contributed by atoms with E-state index < -0.39 is 0 Å². The summed E-state index contributed by atoms with van der Waals surface area (Å²) in [7, 11) is 2.04. The van der Waals surface area contributed by atoms with Gasteiger partial charge in [0.1, 0.15) is 16.4 Å². The van der Waals surface area contributed by atoms with Crippen molar-refractivity contribution in [2.24, 2.45) is 0 Å². The first-order valence-electron chi connectivity index (χ1n) is 6.08. The van der Waals surface area contributed by atoms with Crippen LogP contribution in [0.5, 0.6) is 0 Å². The van der Waals surface area contributed by atoms with Crippen LogP contribution in [0.1, 0.15) is 37.4 Å². The number of nitrogens with one attached hydrogen (secondary N) is 1. The molecule has 0 aromatic carbocycles. The number of likely N-dealkylation sites (N-methyl/N-ethyl adjacent to an activating group) is 1. The number of nitrogens with zero attached hydrogens (tertiary/aromatic N) is 2. The van der Waals surface area contributed by atoms with Crippen LogP contribution in [0.3, 0.4) is 0 Å². The molecule has 5 nitrogen and oxygen atoms in total. The number of halogens is 1. The first kappa shape index (κ1) is 13.7. The maximum Gasteiger partial charge on any atom is 0.265 e. The van der Waals surface area contributed by atoms with Crippen molar-refractivity contribution in [3.05, 3.63) is 26.3 Å². The Morgan fingerprint density at radius 1 is 1.56 bits per heavy atom. The van der Waals surface area contributed by atoms with Crippen LogP contribution >= 0.6 is 15.9 Å². The highest BCUT2D eigenvalue weighted by molar-refractivity contribution is 9.10. The van der Waals surface area contributed by atoms with Gasteiger partial charge in [-0.1, -0.05) is 13.8 Å². The summed E-state index contributed by atoms with van der Waals surface area (Å²) in [5.74, 6) is 0.820. The monoisotopic (exact) mass is 315 g/mol. The van der Waals surface area contributed by atoms with E-state index in [9.17, 15) is 4.79 Å². The molecule has 0 radical (unpaired) electrons. The molecule has 2 rings (SSSR count). The summed E-state index contributed by atoms with van der Waals surface area (Å²) in [6.45, 7) is 6.36. The van der Waals surface area contributed by atoms with Crippen LogP contribution in [0.15, 0.2) is 9.27 Å². The van der Waals surface area contributed by atoms with Crippen molar-refractivity contribution in [2.45, 2.75) is 25.9 Å². The zero-order chi connectivity index (χ0) is 13.3. The molecule has 1 unspecified atom stereocenters. The predicted molar refractivity (Wildman–Crippen MR) is 72.8 cm³/mol. The summed E-state index contributed by atoms with van der Waals surface area (Å²) in [6, 6.07) is 0. The molecular weight excluding hydrogens is 298 g/mol. The van der Waals surface area contributed by atoms with Crippen molar-refractivity contribution >= 4 is 15.9 Å². The molecule has 0 saturated carbocycles. The van der Waals surface area contributed by atoms with Crippen LogP contribution in [0, 0.1) is 0 Å². The van der Waals surface area contributed by atoms with Crippen molar-refractivity contribution in [1.29, 1.82) is 0 Å². The second-order valence-corrected chi connectivity index (χ2v) is 5.72. The summed E-state index contributed by atoms with van der Waals surface area (Å²) in [6.07, 6.45) is -0.151. The van der Waals surface area contributed by atoms with Gasteiger partial charge in [0.15, 0.2) is 0 Å². The van der Waals surface area contributed by atoms with Crippen molar-refractivity contribution in [1.82, 2.24) is 14.9 Å². The van der Waals surface area contributed by atoms with E-state index in [-0.39, 0.29) is 17.6 Å². The van der Waals surface area contributed by atoms with Crippen molar-refractivity contribution in [3.63, 3.8) is 0 Å². The van der Waals surface area contributed by atoms with Crippen LogP contribution in [0.25, 0.3) is 0 Å². The van der Waals surface area contributed by atoms with Gasteiger partial charge in [-0.25, -0.2) is 4.98 Å². The lowest BCUT2D eigenvalue weighted by Crippen LogP contribution is -2.37. The average Bonchev–Trinajstić information content (AvgIpc) is 2.32. The molecule has 1 aliphatic heterocycles. The van der Waals surface area contributed by atoms with E-state index in [4.69, 9.17) is 4.74 Å². The number of ether oxygens (including phenoxy) is 1. The Balaban J connectivity index is 2.36. The van der Waals surface area contributed by atoms with E-state index in [1.807, 2.05) is 20.9 Å². The molecule has 1 fully saturated rings. The van der Waals surface area contributed by atoms with Crippen LogP contribution in [0.2, 0.25) is 0 Å². The predicted octanol–water partition coefficient (Wildman–Crippen LogP) is 1.66. The molecular formula is C12H18BrN3O2. The third-order valence-corrected chi connectivity index (χ3v) is 3.79. The van der Waals surface area contributed by atoms with Gasteiger partial charge in [-0.05, 0) is 28.9 Å². The van der Waals surface area contributed by atoms with Gasteiger partial charge < -0.3 is 14.6 Å². The highest BCUT2D eigenvalue weighted by Crippen LogP contribution is 2.23. The topological polar surface area (TPSA) is 58.2 Å². The molecule has 0 amide bonds. The van der Waals surface area contributed by atoms with Gasteiger partial charge in [0.25, 0.3) is 5.56 Å². The second kappa shape index (κ2) is 5.50. The van der Waals surface area contributed by atoms with E-state index in [2.05, 4.69) is 30.8 Å². The second-order valence-electron chi connectivity index (χ2n) is 4.93. The van der Waals surface area contributed by atoms with Crippen molar-refractivity contribution in [2.75, 3.05) is 26.7 Å². The van der Waals surface area contributed by atoms with Crippen LogP contribution < -0.4 is 5.56 Å². The standard InChI is InChI=1S/C12H18BrN3O2/c1-7(2)10-9(13)12(17)15-11(14-10)8-6-16(3)4-5-18-8/h7-8H,4-6H2,1-3H3,(H,14,15,17). The Kier molecular flexibility index (Phi) is 4.19. The number of hydrogen-bond acceptors (Lipinski definition) is 4. The molecule has 1 atom stereocenters. The molecule has 0 spiro atoms. The van der Waals surface area contributed by atoms with Gasteiger partial charge in [0, 0.05) is 13.1 Å². The first-order valence-corrected chi connectivity index (χ1v) is 6.88. The van der Waals surface area contributed by atoms with Gasteiger partial charge in [0.2, 0.25) is 0 Å². The third kappa shape index (κ3) is 2.81. The number of aromatic nitrogens is 2. The molecule has 1 N–H and O–H groups in total. The van der Waals surface area contributed by atoms with Crippen molar-refractivity contribution in [3.8, 4) is 0 Å². The molecule has 1 aromatic rings. The Bertz CT molecular complexity index is 487. The first-order chi connectivity index (χ1) is 8.49. The molecule has 1 aromatic heterocycles. The third-order valence-electron chi connectivity index (χ3n) is 3.03. The Morgan fingerprint density at radius 2 is 2.28 bits per heavy atom. The lowest BCUT2D eigenvalue weighted by Gasteiger charge is -2.29. The van der Waals surface area contributed by atoms with Crippen molar-refractivity contribution < 1.29 is 4.74 Å². The van der Waals surface area contributed by atoms with Gasteiger partial charge in [-0.15, -0.1) is 0 Å². The van der Waals surface area contributed by atoms with E-state index in [0.29, 0.717) is 16.9 Å². The summed E-state index contributed by atoms with van der Waals surface area (Å²) in [4.78, 5) is 21.4. The zero-order valence-electron chi connectivity index (χ0n) is 10.9. The highest BCUT2D eigenvalue weighted by atomic mass is 79.9. The molecule has 1 aliphatic rings. The smallest absolute Gasteiger partial charge is 0.265 e. The average molecular weight is 316 g/mol. The molecule has 6 heteroatoms. The summed E-state index contributed by atoms with van der Waals surface area (Å²) in [5.41, 5.74) is 0.645. The lowest BCUT2D eigenvalue weighted by molar-refractivity contribution is -0.0257. The number of morpholine rings is 1. The normalized spacial score (nSPS) is 21.5. The molecule has 0 aliphatic carbocycles. The van der Waals surface area contributed by atoms with E-state index >= 15 is 0 Å². The maximum absolute atomic E-state index is 11.9. The van der Waals surface area contributed by atoms with E-state index in [1.165, 1.54) is 0 Å². The summed E-state index contributed by atoms with van der Waals surface area (Å²) < 4.78 is 6.19. The number of hydrogen-bond donors (Lipinski definition) is 1. The minimum absolute atomic E-state index is 0.138. The fourth-order valence-corrected chi connectivity index (χ4v) is 2.62. The summed E-state index contributed by atoms with van der Waals surface area (Å²) in [5, 5.41) is 0. The largest absolute Gasteiger partial charge is 0.368 e. The molecule has 18 heavy (non-hydrogen) atoms. The summed E-state index contributed by atoms with van der Waals surface area (Å²) >= 11 is 3.29. The zero-order valence-corrected chi connectivity index (χ0v) is 12.5. The molecule has 1 saturated heterocycles. The maximum atomic E-state index is 11.9. The molecule has 100 valence electrons. The SMILES string of the molecule is CC(C)c1nc(C2CN(C)CCO2)[nH]c(=O)c1Br. The minimum Gasteiger partial charge on any atom is -0.368 e. The number of aromatic amines is 1. The Hall–Kier alpha value is -0.720. The van der Waals surface area contributed by atoms with E-state index in [1.54, 1.807) is 0 Å².